The van der Waals surface area contributed by atoms with Crippen molar-refractivity contribution in [2.75, 3.05) is 6.54 Å². The van der Waals surface area contributed by atoms with Gasteiger partial charge in [0.05, 0.1) is 11.3 Å². The van der Waals surface area contributed by atoms with E-state index in [0.29, 0.717) is 19.4 Å². The molecule has 1 amide bonds. The van der Waals surface area contributed by atoms with Crippen molar-refractivity contribution in [2.45, 2.75) is 30.7 Å². The molecule has 0 aromatic heterocycles. The molecule has 128 valence electrons. The van der Waals surface area contributed by atoms with Crippen LogP contribution in [0.2, 0.25) is 0 Å². The molecule has 1 aliphatic carbocycles. The van der Waals surface area contributed by atoms with Crippen molar-refractivity contribution >= 4 is 11.9 Å². The number of carbonyl (C=O) groups is 2. The summed E-state index contributed by atoms with van der Waals surface area (Å²) in [6.07, 6.45) is 1.43. The second-order valence-electron chi connectivity index (χ2n) is 6.86. The van der Waals surface area contributed by atoms with E-state index < -0.39 is 17.3 Å². The van der Waals surface area contributed by atoms with Gasteiger partial charge in [0, 0.05) is 13.1 Å². The fourth-order valence-corrected chi connectivity index (χ4v) is 3.80. The number of benzene rings is 2. The van der Waals surface area contributed by atoms with Crippen molar-refractivity contribution < 1.29 is 19.1 Å². The first kappa shape index (κ1) is 15.8. The minimum Gasteiger partial charge on any atom is -0.481 e. The first-order chi connectivity index (χ1) is 12.0. The minimum atomic E-state index is -0.920. The average Bonchev–Trinajstić information content (AvgIpc) is 3.42. The van der Waals surface area contributed by atoms with E-state index >= 15 is 0 Å². The van der Waals surface area contributed by atoms with Crippen LogP contribution >= 0.6 is 0 Å². The molecule has 0 saturated heterocycles. The van der Waals surface area contributed by atoms with E-state index in [-0.39, 0.29) is 18.3 Å². The number of rotatable bonds is 3. The zero-order chi connectivity index (χ0) is 17.6. The highest BCUT2D eigenvalue weighted by Gasteiger charge is 2.53. The van der Waals surface area contributed by atoms with E-state index in [1.54, 1.807) is 17.0 Å². The Kier molecular flexibility index (Phi) is 3.60. The molecule has 25 heavy (non-hydrogen) atoms. The zero-order valence-corrected chi connectivity index (χ0v) is 13.6. The van der Waals surface area contributed by atoms with Crippen molar-refractivity contribution in [2.24, 2.45) is 0 Å². The molecule has 1 heterocycles. The number of hydrogen-bond acceptors (Lipinski definition) is 2. The molecule has 1 unspecified atom stereocenters. The molecule has 1 atom stereocenters. The van der Waals surface area contributed by atoms with Gasteiger partial charge in [-0.1, -0.05) is 36.4 Å². The third-order valence-corrected chi connectivity index (χ3v) is 5.34. The van der Waals surface area contributed by atoms with Gasteiger partial charge in [0.25, 0.3) is 0 Å². The zero-order valence-electron chi connectivity index (χ0n) is 13.6. The second-order valence-corrected chi connectivity index (χ2v) is 6.86. The molecule has 0 spiro atoms. The van der Waals surface area contributed by atoms with Crippen LogP contribution in [-0.4, -0.2) is 28.4 Å². The molecule has 5 heteroatoms. The van der Waals surface area contributed by atoms with Crippen LogP contribution in [0.25, 0.3) is 0 Å². The Balaban J connectivity index is 1.65. The lowest BCUT2D eigenvalue weighted by Gasteiger charge is -2.35. The Labute approximate surface area is 144 Å². The van der Waals surface area contributed by atoms with E-state index in [1.807, 2.05) is 24.3 Å². The molecule has 2 aliphatic rings. The van der Waals surface area contributed by atoms with Gasteiger partial charge in [0.2, 0.25) is 5.91 Å². The number of hydrogen-bond donors (Lipinski definition) is 1. The predicted octanol–water partition coefficient (Wildman–Crippen LogP) is 3.07. The summed E-state index contributed by atoms with van der Waals surface area (Å²) in [6, 6.07) is 13.4. The average molecular weight is 339 g/mol. The Morgan fingerprint density at radius 1 is 1.08 bits per heavy atom. The van der Waals surface area contributed by atoms with E-state index in [0.717, 1.165) is 16.7 Å². The molecule has 1 fully saturated rings. The quantitative estimate of drug-likeness (QED) is 0.935. The normalized spacial score (nSPS) is 20.7. The van der Waals surface area contributed by atoms with Crippen LogP contribution in [0.4, 0.5) is 4.39 Å². The summed E-state index contributed by atoms with van der Waals surface area (Å²) in [5.41, 5.74) is 1.85. The van der Waals surface area contributed by atoms with Gasteiger partial charge in [-0.25, -0.2) is 4.39 Å². The molecule has 2 aromatic rings. The van der Waals surface area contributed by atoms with Crippen molar-refractivity contribution in [3.05, 3.63) is 71.0 Å². The van der Waals surface area contributed by atoms with Crippen molar-refractivity contribution in [1.29, 1.82) is 0 Å². The van der Waals surface area contributed by atoms with Gasteiger partial charge < -0.3 is 10.0 Å². The van der Waals surface area contributed by atoms with Crippen LogP contribution in [0, 0.1) is 5.82 Å². The second kappa shape index (κ2) is 5.69. The highest BCUT2D eigenvalue weighted by Crippen LogP contribution is 2.50. The van der Waals surface area contributed by atoms with Gasteiger partial charge in [-0.3, -0.25) is 9.59 Å². The minimum absolute atomic E-state index is 0.0557. The summed E-state index contributed by atoms with van der Waals surface area (Å²) in [7, 11) is 0. The number of amides is 1. The molecule has 0 bridgehead atoms. The third kappa shape index (κ3) is 2.60. The van der Waals surface area contributed by atoms with Gasteiger partial charge in [-0.15, -0.1) is 0 Å². The molecule has 2 aromatic carbocycles. The number of carboxylic acids is 1. The number of aliphatic carboxylic acids is 1. The fourth-order valence-electron chi connectivity index (χ4n) is 3.80. The summed E-state index contributed by atoms with van der Waals surface area (Å²) in [6.45, 7) is 0.593. The van der Waals surface area contributed by atoms with Crippen LogP contribution in [0.5, 0.6) is 0 Å². The van der Waals surface area contributed by atoms with Crippen LogP contribution in [-0.2, 0) is 21.5 Å². The maximum atomic E-state index is 13.2. The third-order valence-electron chi connectivity index (χ3n) is 5.34. The maximum absolute atomic E-state index is 13.2. The van der Waals surface area contributed by atoms with E-state index in [1.165, 1.54) is 12.1 Å². The number of halogens is 1. The van der Waals surface area contributed by atoms with Gasteiger partial charge in [-0.05, 0) is 41.7 Å². The molecular formula is C20H18FNO3. The van der Waals surface area contributed by atoms with E-state index in [9.17, 15) is 19.1 Å². The van der Waals surface area contributed by atoms with Crippen LogP contribution in [0.1, 0.15) is 35.4 Å². The number of carbonyl (C=O) groups excluding carboxylic acids is 1. The first-order valence-electron chi connectivity index (χ1n) is 8.37. The van der Waals surface area contributed by atoms with Crippen LogP contribution in [0.15, 0.2) is 48.5 Å². The molecule has 4 nitrogen and oxygen atoms in total. The largest absolute Gasteiger partial charge is 0.481 e. The lowest BCUT2D eigenvalue weighted by Crippen LogP contribution is -2.45. The van der Waals surface area contributed by atoms with Crippen molar-refractivity contribution in [3.63, 3.8) is 0 Å². The lowest BCUT2D eigenvalue weighted by atomic mass is 9.87. The smallest absolute Gasteiger partial charge is 0.312 e. The first-order valence-corrected chi connectivity index (χ1v) is 8.37. The van der Waals surface area contributed by atoms with Gasteiger partial charge >= 0.3 is 5.97 Å². The highest BCUT2D eigenvalue weighted by atomic mass is 19.1. The van der Waals surface area contributed by atoms with E-state index in [4.69, 9.17) is 0 Å². The molecule has 1 N–H and O–H groups in total. The number of carboxylic acid groups (broad SMARTS) is 1. The SMILES string of the molecule is O=C(O)C1CN(C(=O)C2(c3ccc(F)cc3)CC2)Cc2ccccc21. The Morgan fingerprint density at radius 2 is 1.76 bits per heavy atom. The van der Waals surface area contributed by atoms with Gasteiger partial charge in [0.1, 0.15) is 5.82 Å². The predicted molar refractivity (Wildman–Crippen MR) is 89.5 cm³/mol. The van der Waals surface area contributed by atoms with Crippen molar-refractivity contribution in [3.8, 4) is 0 Å². The van der Waals surface area contributed by atoms with Crippen molar-refractivity contribution in [1.82, 2.24) is 4.90 Å². The maximum Gasteiger partial charge on any atom is 0.312 e. The Bertz CT molecular complexity index is 842. The highest BCUT2D eigenvalue weighted by molar-refractivity contribution is 5.92. The molecular weight excluding hydrogens is 321 g/mol. The van der Waals surface area contributed by atoms with Gasteiger partial charge in [-0.2, -0.15) is 0 Å². The van der Waals surface area contributed by atoms with Crippen LogP contribution < -0.4 is 0 Å². The summed E-state index contributed by atoms with van der Waals surface area (Å²) in [4.78, 5) is 26.5. The summed E-state index contributed by atoms with van der Waals surface area (Å²) in [5.74, 6) is -2.01. The lowest BCUT2D eigenvalue weighted by molar-refractivity contribution is -0.142. The molecule has 1 saturated carbocycles. The fraction of sp³-hybridized carbons (Fsp3) is 0.300. The molecule has 4 rings (SSSR count). The molecule has 1 aliphatic heterocycles. The number of nitrogens with zero attached hydrogens (tertiary/aromatic N) is 1. The Hall–Kier alpha value is -2.69. The van der Waals surface area contributed by atoms with Crippen LogP contribution in [0.3, 0.4) is 0 Å². The van der Waals surface area contributed by atoms with E-state index in [2.05, 4.69) is 0 Å². The number of fused-ring (bicyclic) bond motifs is 1. The topological polar surface area (TPSA) is 57.6 Å². The summed E-state index contributed by atoms with van der Waals surface area (Å²) >= 11 is 0. The monoisotopic (exact) mass is 339 g/mol. The summed E-state index contributed by atoms with van der Waals surface area (Å²) in [5, 5.41) is 9.57. The Morgan fingerprint density at radius 3 is 2.40 bits per heavy atom. The standard InChI is InChI=1S/C20H18FNO3/c21-15-7-5-14(6-8-15)20(9-10-20)19(25)22-11-13-3-1-2-4-16(13)17(12-22)18(23)24/h1-8,17H,9-12H2,(H,23,24). The van der Waals surface area contributed by atoms with Gasteiger partial charge in [0.15, 0.2) is 0 Å². The molecule has 0 radical (unpaired) electrons. The summed E-state index contributed by atoms with van der Waals surface area (Å²) < 4.78 is 13.2.